The van der Waals surface area contributed by atoms with Crippen LogP contribution in [0.3, 0.4) is 0 Å². The van der Waals surface area contributed by atoms with Crippen LogP contribution in [0.15, 0.2) is 48.5 Å². The van der Waals surface area contributed by atoms with Crippen molar-refractivity contribution in [2.45, 2.75) is 25.9 Å². The minimum Gasteiger partial charge on any atom is -0.322 e. The molecule has 1 unspecified atom stereocenters. The zero-order valence-corrected chi connectivity index (χ0v) is 14.5. The molecule has 0 aliphatic rings. The van der Waals surface area contributed by atoms with Crippen LogP contribution in [-0.4, -0.2) is 21.6 Å². The van der Waals surface area contributed by atoms with Gasteiger partial charge in [0, 0.05) is 6.54 Å². The van der Waals surface area contributed by atoms with Crippen molar-refractivity contribution in [2.24, 2.45) is 5.73 Å². The maximum absolute atomic E-state index is 6.44. The molecule has 120 valence electrons. The summed E-state index contributed by atoms with van der Waals surface area (Å²) in [7, 11) is 0. The Bertz CT molecular complexity index is 794. The summed E-state index contributed by atoms with van der Waals surface area (Å²) in [5, 5.41) is 0. The van der Waals surface area contributed by atoms with E-state index in [1.807, 2.05) is 17.8 Å². The fourth-order valence-electron chi connectivity index (χ4n) is 2.88. The van der Waals surface area contributed by atoms with Crippen molar-refractivity contribution in [3.8, 4) is 0 Å². The maximum atomic E-state index is 6.44. The predicted octanol–water partition coefficient (Wildman–Crippen LogP) is 4.15. The number of benzene rings is 2. The number of rotatable bonds is 6. The average molecular weight is 325 g/mol. The lowest BCUT2D eigenvalue weighted by atomic mass is 10.1. The summed E-state index contributed by atoms with van der Waals surface area (Å²) in [5.74, 6) is 2.04. The average Bonchev–Trinajstić information content (AvgIpc) is 2.93. The number of aromatic nitrogens is 2. The third-order valence-electron chi connectivity index (χ3n) is 4.24. The van der Waals surface area contributed by atoms with Gasteiger partial charge >= 0.3 is 0 Å². The first-order valence-electron chi connectivity index (χ1n) is 7.95. The van der Waals surface area contributed by atoms with Crippen LogP contribution < -0.4 is 5.73 Å². The number of imidazole rings is 1. The molecule has 0 spiro atoms. The zero-order chi connectivity index (χ0) is 16.2. The highest BCUT2D eigenvalue weighted by Crippen LogP contribution is 2.24. The van der Waals surface area contributed by atoms with Crippen molar-refractivity contribution in [2.75, 3.05) is 12.0 Å². The number of para-hydroxylation sites is 2. The van der Waals surface area contributed by atoms with Crippen molar-refractivity contribution in [1.29, 1.82) is 0 Å². The number of nitrogens with zero attached hydrogens (tertiary/aromatic N) is 2. The molecule has 3 nitrogen and oxygen atoms in total. The standard InChI is InChI=1S/C19H23N3S/c1-14-7-3-4-8-15(14)13-22-18-10-6-5-9-17(18)21-19(22)16(20)11-12-23-2/h3-10,16H,11-13,20H2,1-2H3. The number of thioether (sulfide) groups is 1. The second kappa shape index (κ2) is 7.20. The Morgan fingerprint density at radius 1 is 1.13 bits per heavy atom. The summed E-state index contributed by atoms with van der Waals surface area (Å²) in [6.07, 6.45) is 3.06. The van der Waals surface area contributed by atoms with Gasteiger partial charge in [0.15, 0.2) is 0 Å². The molecule has 3 rings (SSSR count). The second-order valence-electron chi connectivity index (χ2n) is 5.86. The monoisotopic (exact) mass is 325 g/mol. The minimum atomic E-state index is -0.0288. The van der Waals surface area contributed by atoms with E-state index in [2.05, 4.69) is 60.2 Å². The van der Waals surface area contributed by atoms with E-state index >= 15 is 0 Å². The van der Waals surface area contributed by atoms with E-state index in [4.69, 9.17) is 10.7 Å². The number of fused-ring (bicyclic) bond motifs is 1. The Labute approximate surface area is 141 Å². The molecule has 0 aliphatic carbocycles. The number of nitrogens with two attached hydrogens (primary N) is 1. The van der Waals surface area contributed by atoms with Crippen LogP contribution in [-0.2, 0) is 6.54 Å². The van der Waals surface area contributed by atoms with Crippen LogP contribution in [0.25, 0.3) is 11.0 Å². The van der Waals surface area contributed by atoms with Crippen LogP contribution in [0.2, 0.25) is 0 Å². The molecule has 2 aromatic carbocycles. The molecule has 4 heteroatoms. The third kappa shape index (κ3) is 3.43. The number of hydrogen-bond acceptors (Lipinski definition) is 3. The van der Waals surface area contributed by atoms with Crippen molar-refractivity contribution >= 4 is 22.8 Å². The summed E-state index contributed by atoms with van der Waals surface area (Å²) < 4.78 is 2.28. The van der Waals surface area contributed by atoms with E-state index in [0.29, 0.717) is 0 Å². The van der Waals surface area contributed by atoms with Crippen LogP contribution in [0.1, 0.15) is 29.4 Å². The summed E-state index contributed by atoms with van der Waals surface area (Å²) >= 11 is 1.83. The molecule has 2 N–H and O–H groups in total. The van der Waals surface area contributed by atoms with Crippen LogP contribution in [0, 0.1) is 6.92 Å². The van der Waals surface area contributed by atoms with Crippen LogP contribution >= 0.6 is 11.8 Å². The first kappa shape index (κ1) is 16.1. The fraction of sp³-hybridized carbons (Fsp3) is 0.316. The normalized spacial score (nSPS) is 12.7. The molecular weight excluding hydrogens is 302 g/mol. The van der Waals surface area contributed by atoms with E-state index in [-0.39, 0.29) is 6.04 Å². The maximum Gasteiger partial charge on any atom is 0.127 e. The molecular formula is C19H23N3S. The zero-order valence-electron chi connectivity index (χ0n) is 13.7. The molecule has 1 aromatic heterocycles. The molecule has 0 radical (unpaired) electrons. The molecule has 0 saturated heterocycles. The SMILES string of the molecule is CSCCC(N)c1nc2ccccc2n1Cc1ccccc1C. The lowest BCUT2D eigenvalue weighted by Crippen LogP contribution is -2.18. The van der Waals surface area contributed by atoms with Gasteiger partial charge in [0.05, 0.1) is 17.1 Å². The Morgan fingerprint density at radius 2 is 1.87 bits per heavy atom. The fourth-order valence-corrected chi connectivity index (χ4v) is 3.36. The summed E-state index contributed by atoms with van der Waals surface area (Å²) in [4.78, 5) is 4.82. The van der Waals surface area contributed by atoms with Crippen molar-refractivity contribution in [1.82, 2.24) is 9.55 Å². The highest BCUT2D eigenvalue weighted by atomic mass is 32.2. The van der Waals surface area contributed by atoms with Gasteiger partial charge in [0.2, 0.25) is 0 Å². The van der Waals surface area contributed by atoms with Crippen molar-refractivity contribution in [3.63, 3.8) is 0 Å². The Hall–Kier alpha value is -1.78. The van der Waals surface area contributed by atoms with Gasteiger partial charge in [-0.15, -0.1) is 0 Å². The van der Waals surface area contributed by atoms with E-state index in [1.54, 1.807) is 0 Å². The van der Waals surface area contributed by atoms with Gasteiger partial charge in [0.1, 0.15) is 5.82 Å². The first-order valence-corrected chi connectivity index (χ1v) is 9.34. The largest absolute Gasteiger partial charge is 0.322 e. The Balaban J connectivity index is 2.04. The van der Waals surface area contributed by atoms with Gasteiger partial charge in [-0.25, -0.2) is 4.98 Å². The van der Waals surface area contributed by atoms with Crippen LogP contribution in [0.4, 0.5) is 0 Å². The van der Waals surface area contributed by atoms with E-state index in [9.17, 15) is 0 Å². The van der Waals surface area contributed by atoms with Gasteiger partial charge in [0.25, 0.3) is 0 Å². The molecule has 1 atom stereocenters. The van der Waals surface area contributed by atoms with E-state index in [1.165, 1.54) is 11.1 Å². The van der Waals surface area contributed by atoms with Gasteiger partial charge in [-0.3, -0.25) is 0 Å². The van der Waals surface area contributed by atoms with E-state index < -0.39 is 0 Å². The predicted molar refractivity (Wildman–Crippen MR) is 99.9 cm³/mol. The smallest absolute Gasteiger partial charge is 0.127 e. The van der Waals surface area contributed by atoms with Gasteiger partial charge in [-0.2, -0.15) is 11.8 Å². The minimum absolute atomic E-state index is 0.0288. The number of aryl methyl sites for hydroxylation is 1. The molecule has 0 bridgehead atoms. The van der Waals surface area contributed by atoms with Gasteiger partial charge < -0.3 is 10.3 Å². The molecule has 23 heavy (non-hydrogen) atoms. The lowest BCUT2D eigenvalue weighted by molar-refractivity contribution is 0.609. The van der Waals surface area contributed by atoms with E-state index in [0.717, 1.165) is 35.6 Å². The quantitative estimate of drug-likeness (QED) is 0.740. The van der Waals surface area contributed by atoms with Gasteiger partial charge in [-0.1, -0.05) is 36.4 Å². The molecule has 3 aromatic rings. The highest BCUT2D eigenvalue weighted by Gasteiger charge is 2.17. The van der Waals surface area contributed by atoms with Gasteiger partial charge in [-0.05, 0) is 48.6 Å². The van der Waals surface area contributed by atoms with Crippen molar-refractivity contribution in [3.05, 3.63) is 65.5 Å². The van der Waals surface area contributed by atoms with Crippen molar-refractivity contribution < 1.29 is 0 Å². The Kier molecular flexibility index (Phi) is 5.03. The summed E-state index contributed by atoms with van der Waals surface area (Å²) in [6.45, 7) is 2.97. The molecule has 0 aliphatic heterocycles. The summed E-state index contributed by atoms with van der Waals surface area (Å²) in [5.41, 5.74) is 11.2. The number of hydrogen-bond donors (Lipinski definition) is 1. The molecule has 1 heterocycles. The molecule has 0 amide bonds. The lowest BCUT2D eigenvalue weighted by Gasteiger charge is -2.15. The molecule has 0 saturated carbocycles. The highest BCUT2D eigenvalue weighted by molar-refractivity contribution is 7.98. The van der Waals surface area contributed by atoms with Crippen LogP contribution in [0.5, 0.6) is 0 Å². The Morgan fingerprint density at radius 3 is 2.65 bits per heavy atom. The second-order valence-corrected chi connectivity index (χ2v) is 6.84. The summed E-state index contributed by atoms with van der Waals surface area (Å²) in [6, 6.07) is 16.8. The topological polar surface area (TPSA) is 43.8 Å². The first-order chi connectivity index (χ1) is 11.2. The molecule has 0 fully saturated rings. The third-order valence-corrected chi connectivity index (χ3v) is 4.88.